The molecule has 6 rings (SSSR count). The van der Waals surface area contributed by atoms with Crippen molar-refractivity contribution in [1.29, 1.82) is 0 Å². The van der Waals surface area contributed by atoms with Crippen LogP contribution in [0.5, 0.6) is 5.75 Å². The number of anilines is 1. The summed E-state index contributed by atoms with van der Waals surface area (Å²) in [5.74, 6) is -5.61. The number of imide groups is 1. The van der Waals surface area contributed by atoms with Crippen LogP contribution in [0.2, 0.25) is 5.02 Å². The van der Waals surface area contributed by atoms with Crippen LogP contribution in [0.3, 0.4) is 0 Å². The lowest BCUT2D eigenvalue weighted by molar-refractivity contribution is -0.123. The minimum atomic E-state index is -0.859. The number of rotatable bonds is 2. The van der Waals surface area contributed by atoms with Crippen molar-refractivity contribution in [2.75, 3.05) is 4.90 Å². The number of ketones is 2. The zero-order valence-electron chi connectivity index (χ0n) is 20.0. The molecule has 0 aromatic heterocycles. The third-order valence-corrected chi connectivity index (χ3v) is 9.05. The van der Waals surface area contributed by atoms with Gasteiger partial charge in [0.05, 0.1) is 22.0 Å². The van der Waals surface area contributed by atoms with Crippen LogP contribution in [0.1, 0.15) is 29.9 Å². The molecule has 2 aromatic carbocycles. The molecule has 3 aliphatic carbocycles. The van der Waals surface area contributed by atoms with Crippen LogP contribution < -0.4 is 4.90 Å². The van der Waals surface area contributed by atoms with Gasteiger partial charge in [-0.15, -0.1) is 0 Å². The number of aromatic hydroxyl groups is 1. The van der Waals surface area contributed by atoms with Crippen LogP contribution >= 0.6 is 27.5 Å². The van der Waals surface area contributed by atoms with Crippen molar-refractivity contribution >= 4 is 56.6 Å². The van der Waals surface area contributed by atoms with Crippen molar-refractivity contribution in [3.63, 3.8) is 0 Å². The fourth-order valence-electron chi connectivity index (χ4n) is 6.26. The summed E-state index contributed by atoms with van der Waals surface area (Å²) < 4.78 is 14.6. The molecule has 0 bridgehead atoms. The van der Waals surface area contributed by atoms with E-state index >= 15 is 0 Å². The van der Waals surface area contributed by atoms with Gasteiger partial charge >= 0.3 is 0 Å². The molecular formula is C29H20BrClFNO5. The second-order valence-corrected chi connectivity index (χ2v) is 11.3. The Kier molecular flexibility index (Phi) is 5.81. The van der Waals surface area contributed by atoms with Gasteiger partial charge in [0, 0.05) is 28.2 Å². The molecule has 4 unspecified atom stereocenters. The van der Waals surface area contributed by atoms with E-state index in [-0.39, 0.29) is 51.9 Å². The molecule has 0 radical (unpaired) electrons. The summed E-state index contributed by atoms with van der Waals surface area (Å²) in [5, 5.41) is 10.2. The molecule has 1 fully saturated rings. The van der Waals surface area contributed by atoms with Crippen LogP contribution in [0.4, 0.5) is 10.1 Å². The number of hydrogen-bond donors (Lipinski definition) is 1. The van der Waals surface area contributed by atoms with Crippen molar-refractivity contribution in [3.8, 4) is 5.75 Å². The summed E-state index contributed by atoms with van der Waals surface area (Å²) in [5.41, 5.74) is 2.77. The molecule has 9 heteroatoms. The quantitative estimate of drug-likeness (QED) is 0.283. The molecule has 1 saturated heterocycles. The maximum absolute atomic E-state index is 14.5. The van der Waals surface area contributed by atoms with E-state index in [4.69, 9.17) is 11.6 Å². The predicted octanol–water partition coefficient (Wildman–Crippen LogP) is 5.46. The van der Waals surface area contributed by atoms with E-state index in [9.17, 15) is 28.7 Å². The predicted molar refractivity (Wildman–Crippen MR) is 141 cm³/mol. The van der Waals surface area contributed by atoms with Gasteiger partial charge in [0.25, 0.3) is 0 Å². The number of nitrogens with zero attached hydrogens (tertiary/aromatic N) is 1. The van der Waals surface area contributed by atoms with Crippen molar-refractivity contribution in [2.45, 2.75) is 25.7 Å². The van der Waals surface area contributed by atoms with Crippen molar-refractivity contribution in [2.24, 2.45) is 17.8 Å². The average molecular weight is 597 g/mol. The van der Waals surface area contributed by atoms with Crippen LogP contribution in [0.25, 0.3) is 0 Å². The van der Waals surface area contributed by atoms with E-state index in [0.29, 0.717) is 21.8 Å². The van der Waals surface area contributed by atoms with Crippen LogP contribution in [0, 0.1) is 30.5 Å². The summed E-state index contributed by atoms with van der Waals surface area (Å²) in [6.45, 7) is 1.82. The largest absolute Gasteiger partial charge is 0.505 e. The second kappa shape index (κ2) is 8.85. The Morgan fingerprint density at radius 1 is 1.05 bits per heavy atom. The molecule has 0 spiro atoms. The van der Waals surface area contributed by atoms with Gasteiger partial charge in [-0.3, -0.25) is 19.2 Å². The number of Topliss-reactive ketones (excluding diaryl/α,β-unsaturated/α-hetero) is 1. The monoisotopic (exact) mass is 595 g/mol. The first-order valence-electron chi connectivity index (χ1n) is 12.1. The van der Waals surface area contributed by atoms with E-state index in [1.54, 1.807) is 18.2 Å². The third kappa shape index (κ3) is 3.57. The molecule has 4 atom stereocenters. The third-order valence-electron chi connectivity index (χ3n) is 8.05. The van der Waals surface area contributed by atoms with Gasteiger partial charge in [0.2, 0.25) is 11.8 Å². The molecule has 1 N–H and O–H groups in total. The molecular weight excluding hydrogens is 577 g/mol. The van der Waals surface area contributed by atoms with Gasteiger partial charge in [-0.2, -0.15) is 0 Å². The Hall–Kier alpha value is -3.36. The Labute approximate surface area is 230 Å². The molecule has 4 aliphatic rings. The lowest BCUT2D eigenvalue weighted by Gasteiger charge is -2.42. The SMILES string of the molecule is Cc1ccc(N2C(=O)C3CC=C4C(c5ccc(O)c(F)c5)C5=C(CC4C3C2=O)C(=O)C(Br)=CC5=O)cc1Cl. The fourth-order valence-corrected chi connectivity index (χ4v) is 6.89. The number of carbonyl (C=O) groups is 4. The van der Waals surface area contributed by atoms with Crippen molar-refractivity contribution in [3.05, 3.63) is 91.7 Å². The zero-order chi connectivity index (χ0) is 27.0. The Bertz CT molecular complexity index is 1590. The highest BCUT2D eigenvalue weighted by Gasteiger charge is 2.56. The maximum Gasteiger partial charge on any atom is 0.238 e. The minimum absolute atomic E-state index is 0.106. The van der Waals surface area contributed by atoms with Crippen molar-refractivity contribution < 1.29 is 28.7 Å². The molecule has 192 valence electrons. The minimum Gasteiger partial charge on any atom is -0.505 e. The molecule has 2 amide bonds. The van der Waals surface area contributed by atoms with Crippen LogP contribution in [-0.2, 0) is 19.2 Å². The van der Waals surface area contributed by atoms with E-state index in [2.05, 4.69) is 15.9 Å². The van der Waals surface area contributed by atoms with Crippen LogP contribution in [0.15, 0.2) is 69.8 Å². The standard InChI is InChI=1S/C29H20BrClFNO5/c1-12-2-4-14(9-20(12)31)33-28(37)16-6-5-15-17(25(16)29(33)38)10-18-26(23(35)11-19(30)27(18)36)24(15)13-3-7-22(34)21(32)8-13/h2-5,7-9,11,16-17,24-25,34H,6,10H2,1H3. The second-order valence-electron chi connectivity index (χ2n) is 10.0. The zero-order valence-corrected chi connectivity index (χ0v) is 22.3. The molecule has 1 heterocycles. The molecule has 0 saturated carbocycles. The number of phenolic OH excluding ortho intramolecular Hbond substituents is 1. The van der Waals surface area contributed by atoms with E-state index in [1.165, 1.54) is 23.1 Å². The van der Waals surface area contributed by atoms with Crippen molar-refractivity contribution in [1.82, 2.24) is 0 Å². The maximum atomic E-state index is 14.5. The first kappa shape index (κ1) is 24.9. The van der Waals surface area contributed by atoms with Gasteiger partial charge in [-0.1, -0.05) is 35.4 Å². The first-order valence-corrected chi connectivity index (χ1v) is 13.3. The highest BCUT2D eigenvalue weighted by Crippen LogP contribution is 2.55. The Morgan fingerprint density at radius 3 is 2.53 bits per heavy atom. The number of fused-ring (bicyclic) bond motifs is 3. The number of halogens is 3. The highest BCUT2D eigenvalue weighted by molar-refractivity contribution is 9.12. The summed E-state index contributed by atoms with van der Waals surface area (Å²) in [7, 11) is 0. The van der Waals surface area contributed by atoms with Gasteiger partial charge in [-0.25, -0.2) is 9.29 Å². The van der Waals surface area contributed by atoms with E-state index in [1.807, 2.05) is 13.0 Å². The number of benzene rings is 2. The molecule has 1 aliphatic heterocycles. The first-order chi connectivity index (χ1) is 18.1. The Balaban J connectivity index is 1.49. The van der Waals surface area contributed by atoms with Gasteiger partial charge < -0.3 is 5.11 Å². The number of aryl methyl sites for hydroxylation is 1. The number of phenols is 1. The average Bonchev–Trinajstić information content (AvgIpc) is 3.14. The number of hydrogen-bond acceptors (Lipinski definition) is 5. The lowest BCUT2D eigenvalue weighted by atomic mass is 9.59. The Morgan fingerprint density at radius 2 is 1.82 bits per heavy atom. The van der Waals surface area contributed by atoms with E-state index < -0.39 is 35.2 Å². The van der Waals surface area contributed by atoms with E-state index in [0.717, 1.165) is 11.6 Å². The van der Waals surface area contributed by atoms with Gasteiger partial charge in [-0.05, 0) is 77.0 Å². The highest BCUT2D eigenvalue weighted by atomic mass is 79.9. The number of allylic oxidation sites excluding steroid dienone is 6. The lowest BCUT2D eigenvalue weighted by Crippen LogP contribution is -2.39. The fraction of sp³-hybridized carbons (Fsp3) is 0.241. The summed E-state index contributed by atoms with van der Waals surface area (Å²) >= 11 is 9.47. The topological polar surface area (TPSA) is 91.8 Å². The van der Waals surface area contributed by atoms with Crippen LogP contribution in [-0.4, -0.2) is 28.5 Å². The normalized spacial score (nSPS) is 26.7. The molecule has 6 nitrogen and oxygen atoms in total. The summed E-state index contributed by atoms with van der Waals surface area (Å²) in [4.78, 5) is 55.0. The number of amides is 2. The van der Waals surface area contributed by atoms with Gasteiger partial charge in [0.1, 0.15) is 0 Å². The molecule has 2 aromatic rings. The number of carbonyl (C=O) groups excluding carboxylic acids is 4. The summed E-state index contributed by atoms with van der Waals surface area (Å²) in [6, 6.07) is 8.87. The molecule has 38 heavy (non-hydrogen) atoms. The van der Waals surface area contributed by atoms with Gasteiger partial charge in [0.15, 0.2) is 23.1 Å². The smallest absolute Gasteiger partial charge is 0.238 e. The summed E-state index contributed by atoms with van der Waals surface area (Å²) in [6.07, 6.45) is 3.43.